The second kappa shape index (κ2) is 8.49. The topological polar surface area (TPSA) is 37.3 Å². The molecule has 0 aliphatic carbocycles. The molecule has 3 rings (SSSR count). The van der Waals surface area contributed by atoms with E-state index in [4.69, 9.17) is 0 Å². The Morgan fingerprint density at radius 2 is 1.80 bits per heavy atom. The van der Waals surface area contributed by atoms with Crippen LogP contribution in [0.5, 0.6) is 0 Å². The summed E-state index contributed by atoms with van der Waals surface area (Å²) in [6, 6.07) is 20.7. The molecule has 0 fully saturated rings. The van der Waals surface area contributed by atoms with E-state index in [-0.39, 0.29) is 5.91 Å². The van der Waals surface area contributed by atoms with E-state index in [1.165, 1.54) is 16.5 Å². The molecule has 0 radical (unpaired) electrons. The molecule has 25 heavy (non-hydrogen) atoms. The molecule has 2 aromatic carbocycles. The van der Waals surface area contributed by atoms with Gasteiger partial charge in [-0.3, -0.25) is 9.69 Å². The summed E-state index contributed by atoms with van der Waals surface area (Å²) in [5.41, 5.74) is 2.47. The third-order valence-electron chi connectivity index (χ3n) is 4.29. The zero-order chi connectivity index (χ0) is 17.5. The monoisotopic (exact) mass is 335 g/mol. The third-order valence-corrected chi connectivity index (χ3v) is 4.29. The number of hydrogen-bond acceptors (Lipinski definition) is 2. The molecule has 1 amide bonds. The van der Waals surface area contributed by atoms with Crippen molar-refractivity contribution in [3.05, 3.63) is 72.4 Å². The first-order valence-electron chi connectivity index (χ1n) is 8.75. The number of fused-ring (bicyclic) bond motifs is 1. The van der Waals surface area contributed by atoms with Crippen LogP contribution < -0.4 is 5.32 Å². The van der Waals surface area contributed by atoms with E-state index in [1.807, 2.05) is 30.1 Å². The van der Waals surface area contributed by atoms with Crippen molar-refractivity contribution in [1.29, 1.82) is 0 Å². The van der Waals surface area contributed by atoms with Crippen LogP contribution in [-0.4, -0.2) is 35.5 Å². The molecule has 0 atom stereocenters. The summed E-state index contributed by atoms with van der Waals surface area (Å²) in [7, 11) is 1.97. The molecule has 0 saturated carbocycles. The number of amides is 1. The number of nitrogens with zero attached hydrogens (tertiary/aromatic N) is 2. The van der Waals surface area contributed by atoms with Gasteiger partial charge >= 0.3 is 0 Å². The lowest BCUT2D eigenvalue weighted by Crippen LogP contribution is -2.35. The van der Waals surface area contributed by atoms with Gasteiger partial charge < -0.3 is 9.88 Å². The van der Waals surface area contributed by atoms with Gasteiger partial charge in [-0.25, -0.2) is 0 Å². The number of carbonyl (C=O) groups is 1. The van der Waals surface area contributed by atoms with E-state index in [0.29, 0.717) is 13.1 Å². The zero-order valence-corrected chi connectivity index (χ0v) is 14.7. The van der Waals surface area contributed by atoms with E-state index in [1.54, 1.807) is 0 Å². The number of nitrogens with one attached hydrogen (secondary N) is 1. The smallest absolute Gasteiger partial charge is 0.234 e. The molecule has 3 aromatic rings. The summed E-state index contributed by atoms with van der Waals surface area (Å²) in [5.74, 6) is 0.0794. The molecular weight excluding hydrogens is 310 g/mol. The first-order chi connectivity index (χ1) is 12.2. The highest BCUT2D eigenvalue weighted by Crippen LogP contribution is 2.15. The molecule has 4 nitrogen and oxygen atoms in total. The van der Waals surface area contributed by atoms with Crippen molar-refractivity contribution in [2.75, 3.05) is 20.1 Å². The van der Waals surface area contributed by atoms with Crippen molar-refractivity contribution >= 4 is 16.8 Å². The van der Waals surface area contributed by atoms with Gasteiger partial charge in [-0.2, -0.15) is 0 Å². The molecule has 0 aliphatic rings. The summed E-state index contributed by atoms with van der Waals surface area (Å²) in [5, 5.41) is 4.27. The lowest BCUT2D eigenvalue weighted by Gasteiger charge is -2.16. The second-order valence-corrected chi connectivity index (χ2v) is 6.43. The molecule has 1 heterocycles. The fourth-order valence-corrected chi connectivity index (χ4v) is 3.06. The van der Waals surface area contributed by atoms with Crippen LogP contribution in [0.25, 0.3) is 10.9 Å². The highest BCUT2D eigenvalue weighted by Gasteiger charge is 2.06. The quantitative estimate of drug-likeness (QED) is 0.642. The largest absolute Gasteiger partial charge is 0.355 e. The fourth-order valence-electron chi connectivity index (χ4n) is 3.06. The molecule has 0 saturated heterocycles. The number of rotatable bonds is 8. The Hall–Kier alpha value is -2.59. The van der Waals surface area contributed by atoms with Gasteiger partial charge in [0.15, 0.2) is 0 Å². The summed E-state index contributed by atoms with van der Waals surface area (Å²) in [6.07, 6.45) is 3.03. The molecular formula is C21H25N3O. The maximum atomic E-state index is 12.1. The molecule has 1 N–H and O–H groups in total. The number of aryl methyl sites for hydroxylation is 1. The molecule has 0 unspecified atom stereocenters. The molecule has 0 bridgehead atoms. The van der Waals surface area contributed by atoms with Crippen molar-refractivity contribution in [1.82, 2.24) is 14.8 Å². The van der Waals surface area contributed by atoms with Gasteiger partial charge in [0.05, 0.1) is 6.54 Å². The highest BCUT2D eigenvalue weighted by atomic mass is 16.2. The van der Waals surface area contributed by atoms with Crippen molar-refractivity contribution in [2.24, 2.45) is 0 Å². The average Bonchev–Trinajstić information content (AvgIpc) is 3.03. The number of hydrogen-bond donors (Lipinski definition) is 1. The van der Waals surface area contributed by atoms with Gasteiger partial charge in [0.25, 0.3) is 0 Å². The third kappa shape index (κ3) is 4.94. The van der Waals surface area contributed by atoms with Crippen LogP contribution in [0.3, 0.4) is 0 Å². The van der Waals surface area contributed by atoms with Crippen LogP contribution in [-0.2, 0) is 17.9 Å². The molecule has 4 heteroatoms. The van der Waals surface area contributed by atoms with Crippen LogP contribution in [0.1, 0.15) is 12.0 Å². The predicted octanol–water partition coefficient (Wildman–Crippen LogP) is 3.28. The first-order valence-corrected chi connectivity index (χ1v) is 8.75. The molecule has 0 spiro atoms. The van der Waals surface area contributed by atoms with Crippen LogP contribution in [0.15, 0.2) is 66.9 Å². The normalized spacial score (nSPS) is 11.1. The summed E-state index contributed by atoms with van der Waals surface area (Å²) in [4.78, 5) is 14.1. The molecule has 130 valence electrons. The summed E-state index contributed by atoms with van der Waals surface area (Å²) in [6.45, 7) is 2.81. The minimum atomic E-state index is 0.0794. The summed E-state index contributed by atoms with van der Waals surface area (Å²) >= 11 is 0. The Labute approximate surface area is 149 Å². The first kappa shape index (κ1) is 17.2. The Bertz CT molecular complexity index is 810. The van der Waals surface area contributed by atoms with Crippen LogP contribution in [0.2, 0.25) is 0 Å². The maximum Gasteiger partial charge on any atom is 0.234 e. The Balaban J connectivity index is 1.38. The van der Waals surface area contributed by atoms with Crippen molar-refractivity contribution in [2.45, 2.75) is 19.5 Å². The second-order valence-electron chi connectivity index (χ2n) is 6.43. The SMILES string of the molecule is CN(CC(=O)NCCCn1ccc2ccccc21)Cc1ccccc1. The van der Waals surface area contributed by atoms with E-state index in [2.05, 4.69) is 58.5 Å². The van der Waals surface area contributed by atoms with E-state index in [0.717, 1.165) is 19.5 Å². The zero-order valence-electron chi connectivity index (χ0n) is 14.7. The summed E-state index contributed by atoms with van der Waals surface area (Å²) < 4.78 is 2.24. The number of likely N-dealkylation sites (N-methyl/N-ethyl adjacent to an activating group) is 1. The average molecular weight is 335 g/mol. The van der Waals surface area contributed by atoms with Gasteiger partial charge in [0, 0.05) is 31.3 Å². The highest BCUT2D eigenvalue weighted by molar-refractivity contribution is 5.80. The number of carbonyl (C=O) groups excluding carboxylic acids is 1. The fraction of sp³-hybridized carbons (Fsp3) is 0.286. The maximum absolute atomic E-state index is 12.1. The molecule has 1 aromatic heterocycles. The van der Waals surface area contributed by atoms with E-state index in [9.17, 15) is 4.79 Å². The van der Waals surface area contributed by atoms with Gasteiger partial charge in [-0.1, -0.05) is 48.5 Å². The Morgan fingerprint density at radius 3 is 2.64 bits per heavy atom. The number of para-hydroxylation sites is 1. The van der Waals surface area contributed by atoms with Crippen LogP contribution in [0.4, 0.5) is 0 Å². The van der Waals surface area contributed by atoms with Crippen LogP contribution >= 0.6 is 0 Å². The number of aromatic nitrogens is 1. The van der Waals surface area contributed by atoms with Crippen molar-refractivity contribution in [3.63, 3.8) is 0 Å². The lowest BCUT2D eigenvalue weighted by atomic mass is 10.2. The van der Waals surface area contributed by atoms with Gasteiger partial charge in [0.2, 0.25) is 5.91 Å². The Morgan fingerprint density at radius 1 is 1.04 bits per heavy atom. The van der Waals surface area contributed by atoms with Gasteiger partial charge in [0.1, 0.15) is 0 Å². The number of benzene rings is 2. The van der Waals surface area contributed by atoms with Gasteiger partial charge in [-0.05, 0) is 36.6 Å². The molecule has 0 aliphatic heterocycles. The predicted molar refractivity (Wildman–Crippen MR) is 102 cm³/mol. The van der Waals surface area contributed by atoms with Crippen molar-refractivity contribution < 1.29 is 4.79 Å². The van der Waals surface area contributed by atoms with E-state index < -0.39 is 0 Å². The minimum absolute atomic E-state index is 0.0794. The lowest BCUT2D eigenvalue weighted by molar-refractivity contribution is -0.122. The Kier molecular flexibility index (Phi) is 5.86. The van der Waals surface area contributed by atoms with E-state index >= 15 is 0 Å². The van der Waals surface area contributed by atoms with Crippen molar-refractivity contribution in [3.8, 4) is 0 Å². The minimum Gasteiger partial charge on any atom is -0.355 e. The standard InChI is InChI=1S/C21H25N3O/c1-23(16-18-8-3-2-4-9-18)17-21(25)22-13-7-14-24-15-12-19-10-5-6-11-20(19)24/h2-6,8-12,15H,7,13-14,16-17H2,1H3,(H,22,25). The van der Waals surface area contributed by atoms with Gasteiger partial charge in [-0.15, -0.1) is 0 Å². The van der Waals surface area contributed by atoms with Crippen LogP contribution in [0, 0.1) is 0 Å².